The molecule has 2 N–H and O–H groups in total. The van der Waals surface area contributed by atoms with Crippen LogP contribution in [0.1, 0.15) is 20.3 Å². The maximum absolute atomic E-state index is 12.2. The number of amides is 3. The number of methoxy groups -OCH3 is 1. The van der Waals surface area contributed by atoms with Gasteiger partial charge in [-0.3, -0.25) is 14.4 Å². The van der Waals surface area contributed by atoms with E-state index in [2.05, 4.69) is 10.6 Å². The Bertz CT molecular complexity index is 613. The van der Waals surface area contributed by atoms with Gasteiger partial charge in [0.2, 0.25) is 17.7 Å². The number of ether oxygens (including phenoxy) is 1. The quantitative estimate of drug-likeness (QED) is 0.802. The summed E-state index contributed by atoms with van der Waals surface area (Å²) in [6, 6.07) is 7.13. The van der Waals surface area contributed by atoms with Crippen LogP contribution in [0.3, 0.4) is 0 Å². The van der Waals surface area contributed by atoms with Crippen LogP contribution in [0.15, 0.2) is 24.3 Å². The maximum Gasteiger partial charge on any atom is 0.239 e. The SMILES string of the molecule is COc1ccc(N2C[C@H](C(=O)NCC(=O)NC(C)C)CC2=O)cc1. The van der Waals surface area contributed by atoms with Gasteiger partial charge >= 0.3 is 0 Å². The van der Waals surface area contributed by atoms with Crippen LogP contribution in [0.5, 0.6) is 5.75 Å². The van der Waals surface area contributed by atoms with E-state index in [1.807, 2.05) is 13.8 Å². The Morgan fingerprint density at radius 2 is 1.96 bits per heavy atom. The third-order valence-corrected chi connectivity index (χ3v) is 3.75. The molecule has 1 atom stereocenters. The predicted octanol–water partition coefficient (Wildman–Crippen LogP) is 0.689. The van der Waals surface area contributed by atoms with Crippen molar-refractivity contribution in [2.75, 3.05) is 25.1 Å². The molecular weight excluding hydrogens is 310 g/mol. The lowest BCUT2D eigenvalue weighted by molar-refractivity contribution is -0.129. The Kier molecular flexibility index (Phi) is 5.78. The Morgan fingerprint density at radius 1 is 1.29 bits per heavy atom. The lowest BCUT2D eigenvalue weighted by Crippen LogP contribution is -2.42. The second kappa shape index (κ2) is 7.81. The normalized spacial score (nSPS) is 17.1. The molecule has 0 unspecified atom stereocenters. The molecular formula is C17H23N3O4. The molecule has 1 aromatic carbocycles. The second-order valence-corrected chi connectivity index (χ2v) is 6.04. The number of benzene rings is 1. The zero-order valence-electron chi connectivity index (χ0n) is 14.2. The van der Waals surface area contributed by atoms with Gasteiger partial charge in [0.15, 0.2) is 0 Å². The predicted molar refractivity (Wildman–Crippen MR) is 89.7 cm³/mol. The zero-order chi connectivity index (χ0) is 17.7. The molecule has 7 nitrogen and oxygen atoms in total. The van der Waals surface area contributed by atoms with Crippen molar-refractivity contribution in [2.45, 2.75) is 26.3 Å². The van der Waals surface area contributed by atoms with Gasteiger partial charge in [0.05, 0.1) is 19.6 Å². The lowest BCUT2D eigenvalue weighted by atomic mass is 10.1. The van der Waals surface area contributed by atoms with E-state index >= 15 is 0 Å². The topological polar surface area (TPSA) is 87.7 Å². The van der Waals surface area contributed by atoms with Crippen molar-refractivity contribution in [1.82, 2.24) is 10.6 Å². The molecule has 0 saturated carbocycles. The van der Waals surface area contributed by atoms with Crippen molar-refractivity contribution in [3.05, 3.63) is 24.3 Å². The van der Waals surface area contributed by atoms with Crippen LogP contribution >= 0.6 is 0 Å². The molecule has 3 amide bonds. The fourth-order valence-corrected chi connectivity index (χ4v) is 2.58. The van der Waals surface area contributed by atoms with Crippen LogP contribution in [0, 0.1) is 5.92 Å². The molecule has 0 aromatic heterocycles. The largest absolute Gasteiger partial charge is 0.497 e. The van der Waals surface area contributed by atoms with E-state index in [4.69, 9.17) is 4.74 Å². The molecule has 1 aromatic rings. The standard InChI is InChI=1S/C17H23N3O4/c1-11(2)19-15(21)9-18-17(23)12-8-16(22)20(10-12)13-4-6-14(24-3)7-5-13/h4-7,11-12H,8-10H2,1-3H3,(H,18,23)(H,19,21)/t12-/m1/s1. The summed E-state index contributed by atoms with van der Waals surface area (Å²) < 4.78 is 5.09. The van der Waals surface area contributed by atoms with E-state index in [-0.39, 0.29) is 36.7 Å². The molecule has 2 rings (SSSR count). The first-order valence-electron chi connectivity index (χ1n) is 7.92. The summed E-state index contributed by atoms with van der Waals surface area (Å²) in [5.41, 5.74) is 0.730. The van der Waals surface area contributed by atoms with Crippen molar-refractivity contribution in [2.24, 2.45) is 5.92 Å². The molecule has 1 saturated heterocycles. The average Bonchev–Trinajstić information content (AvgIpc) is 2.94. The van der Waals surface area contributed by atoms with E-state index in [0.29, 0.717) is 12.3 Å². The Balaban J connectivity index is 1.91. The van der Waals surface area contributed by atoms with Gasteiger partial charge in [-0.2, -0.15) is 0 Å². The Labute approximate surface area is 141 Å². The Morgan fingerprint density at radius 3 is 2.54 bits per heavy atom. The summed E-state index contributed by atoms with van der Waals surface area (Å²) in [6.45, 7) is 3.93. The lowest BCUT2D eigenvalue weighted by Gasteiger charge is -2.17. The molecule has 7 heteroatoms. The van der Waals surface area contributed by atoms with Crippen LogP contribution in [-0.2, 0) is 14.4 Å². The van der Waals surface area contributed by atoms with Crippen molar-refractivity contribution >= 4 is 23.4 Å². The minimum atomic E-state index is -0.452. The van der Waals surface area contributed by atoms with Gasteiger partial charge in [-0.15, -0.1) is 0 Å². The van der Waals surface area contributed by atoms with Crippen LogP contribution < -0.4 is 20.3 Å². The fraction of sp³-hybridized carbons (Fsp3) is 0.471. The van der Waals surface area contributed by atoms with Gasteiger partial charge in [0.1, 0.15) is 5.75 Å². The summed E-state index contributed by atoms with van der Waals surface area (Å²) in [5, 5.41) is 5.29. The molecule has 1 fully saturated rings. The molecule has 1 heterocycles. The minimum absolute atomic E-state index is 0.0213. The van der Waals surface area contributed by atoms with E-state index < -0.39 is 5.92 Å². The van der Waals surface area contributed by atoms with Crippen molar-refractivity contribution in [3.63, 3.8) is 0 Å². The molecule has 0 bridgehead atoms. The first-order chi connectivity index (χ1) is 11.4. The van der Waals surface area contributed by atoms with Gasteiger partial charge < -0.3 is 20.3 Å². The fourth-order valence-electron chi connectivity index (χ4n) is 2.58. The van der Waals surface area contributed by atoms with Gasteiger partial charge in [0.25, 0.3) is 0 Å². The van der Waals surface area contributed by atoms with E-state index in [9.17, 15) is 14.4 Å². The number of hydrogen-bond donors (Lipinski definition) is 2. The first-order valence-corrected chi connectivity index (χ1v) is 7.92. The third kappa shape index (κ3) is 4.47. The van der Waals surface area contributed by atoms with E-state index in [0.717, 1.165) is 5.69 Å². The highest BCUT2D eigenvalue weighted by Crippen LogP contribution is 2.26. The monoisotopic (exact) mass is 333 g/mol. The van der Waals surface area contributed by atoms with Gasteiger partial charge in [-0.25, -0.2) is 0 Å². The van der Waals surface area contributed by atoms with Crippen LogP contribution in [-0.4, -0.2) is 44.0 Å². The van der Waals surface area contributed by atoms with Crippen LogP contribution in [0.25, 0.3) is 0 Å². The summed E-state index contributed by atoms with van der Waals surface area (Å²) in [6.07, 6.45) is 0.143. The van der Waals surface area contributed by atoms with Crippen LogP contribution in [0.4, 0.5) is 5.69 Å². The molecule has 1 aliphatic heterocycles. The number of hydrogen-bond acceptors (Lipinski definition) is 4. The number of nitrogens with one attached hydrogen (secondary N) is 2. The van der Waals surface area contributed by atoms with Crippen molar-refractivity contribution < 1.29 is 19.1 Å². The molecule has 0 spiro atoms. The van der Waals surface area contributed by atoms with E-state index in [1.54, 1.807) is 36.3 Å². The van der Waals surface area contributed by atoms with Gasteiger partial charge in [0, 0.05) is 24.7 Å². The summed E-state index contributed by atoms with van der Waals surface area (Å²) in [4.78, 5) is 37.5. The molecule has 0 radical (unpaired) electrons. The summed E-state index contributed by atoms with van der Waals surface area (Å²) >= 11 is 0. The Hall–Kier alpha value is -2.57. The highest BCUT2D eigenvalue weighted by atomic mass is 16.5. The van der Waals surface area contributed by atoms with Gasteiger partial charge in [-0.05, 0) is 38.1 Å². The number of nitrogens with zero attached hydrogens (tertiary/aromatic N) is 1. The highest BCUT2D eigenvalue weighted by Gasteiger charge is 2.35. The molecule has 1 aliphatic rings. The third-order valence-electron chi connectivity index (χ3n) is 3.75. The number of rotatable bonds is 6. The van der Waals surface area contributed by atoms with Crippen molar-refractivity contribution in [1.29, 1.82) is 0 Å². The zero-order valence-corrected chi connectivity index (χ0v) is 14.2. The highest BCUT2D eigenvalue weighted by molar-refractivity contribution is 6.00. The summed E-state index contributed by atoms with van der Waals surface area (Å²) in [5.74, 6) is -0.373. The second-order valence-electron chi connectivity index (χ2n) is 6.04. The van der Waals surface area contributed by atoms with Crippen molar-refractivity contribution in [3.8, 4) is 5.75 Å². The number of carbonyl (C=O) groups excluding carboxylic acids is 3. The number of carbonyl (C=O) groups is 3. The molecule has 130 valence electrons. The van der Waals surface area contributed by atoms with Gasteiger partial charge in [-0.1, -0.05) is 0 Å². The summed E-state index contributed by atoms with van der Waals surface area (Å²) in [7, 11) is 1.58. The number of anilines is 1. The van der Waals surface area contributed by atoms with E-state index in [1.165, 1.54) is 0 Å². The smallest absolute Gasteiger partial charge is 0.239 e. The van der Waals surface area contributed by atoms with Crippen LogP contribution in [0.2, 0.25) is 0 Å². The average molecular weight is 333 g/mol. The molecule has 24 heavy (non-hydrogen) atoms. The molecule has 0 aliphatic carbocycles. The maximum atomic E-state index is 12.2. The first kappa shape index (κ1) is 17.8. The minimum Gasteiger partial charge on any atom is -0.497 e.